The Balaban J connectivity index is 2.24. The molecule has 7 heteroatoms. The summed E-state index contributed by atoms with van der Waals surface area (Å²) in [7, 11) is 0. The summed E-state index contributed by atoms with van der Waals surface area (Å²) >= 11 is 0. The molecule has 0 aromatic heterocycles. The molecule has 35 heavy (non-hydrogen) atoms. The van der Waals surface area contributed by atoms with Crippen LogP contribution in [0.2, 0.25) is 0 Å². The SMILES string of the molecule is CCCC(=O)OC1CCC2(C)C=CC(C(C)C)=C(O2)C2C(C)C(OC(C)=O)CC(OC(C)=O)C12C. The Bertz CT molecular complexity index is 903. The molecule has 196 valence electrons. The summed E-state index contributed by atoms with van der Waals surface area (Å²) in [6.07, 6.45) is 5.24. The fourth-order valence-corrected chi connectivity index (χ4v) is 6.22. The van der Waals surface area contributed by atoms with E-state index < -0.39 is 35.3 Å². The second-order valence-corrected chi connectivity index (χ2v) is 11.2. The first-order chi connectivity index (χ1) is 16.3. The Morgan fingerprint density at radius 2 is 1.74 bits per heavy atom. The molecule has 7 atom stereocenters. The van der Waals surface area contributed by atoms with Crippen LogP contribution < -0.4 is 0 Å². The second kappa shape index (κ2) is 10.4. The first kappa shape index (κ1) is 27.3. The highest BCUT2D eigenvalue weighted by molar-refractivity contribution is 5.69. The molecule has 1 saturated carbocycles. The van der Waals surface area contributed by atoms with Crippen molar-refractivity contribution in [3.05, 3.63) is 23.5 Å². The molecular formula is C28H42O7. The van der Waals surface area contributed by atoms with E-state index in [9.17, 15) is 14.4 Å². The number of hydrogen-bond acceptors (Lipinski definition) is 7. The Morgan fingerprint density at radius 3 is 2.31 bits per heavy atom. The van der Waals surface area contributed by atoms with Gasteiger partial charge in [0.05, 0.1) is 5.41 Å². The predicted molar refractivity (Wildman–Crippen MR) is 131 cm³/mol. The highest BCUT2D eigenvalue weighted by atomic mass is 16.6. The number of fused-ring (bicyclic) bond motifs is 4. The number of carbonyl (C=O) groups excluding carboxylic acids is 3. The molecule has 1 saturated heterocycles. The average molecular weight is 491 g/mol. The van der Waals surface area contributed by atoms with E-state index >= 15 is 0 Å². The first-order valence-electron chi connectivity index (χ1n) is 13.0. The van der Waals surface area contributed by atoms with Gasteiger partial charge in [0.25, 0.3) is 0 Å². The van der Waals surface area contributed by atoms with E-state index in [2.05, 4.69) is 39.8 Å². The molecule has 2 aliphatic heterocycles. The minimum absolute atomic E-state index is 0.152. The molecular weight excluding hydrogens is 448 g/mol. The Labute approximate surface area is 209 Å². The van der Waals surface area contributed by atoms with Crippen LogP contribution in [0.1, 0.15) is 87.5 Å². The number of carbonyl (C=O) groups is 3. The van der Waals surface area contributed by atoms with Crippen molar-refractivity contribution >= 4 is 17.9 Å². The van der Waals surface area contributed by atoms with Crippen LogP contribution in [0.25, 0.3) is 0 Å². The molecule has 1 aliphatic carbocycles. The van der Waals surface area contributed by atoms with Crippen molar-refractivity contribution in [3.8, 4) is 0 Å². The highest BCUT2D eigenvalue weighted by Crippen LogP contribution is 2.57. The molecule has 2 bridgehead atoms. The third kappa shape index (κ3) is 5.44. The Morgan fingerprint density at radius 1 is 1.09 bits per heavy atom. The smallest absolute Gasteiger partial charge is 0.306 e. The van der Waals surface area contributed by atoms with Crippen molar-refractivity contribution in [2.24, 2.45) is 23.2 Å². The van der Waals surface area contributed by atoms with Crippen LogP contribution in [0.15, 0.2) is 23.5 Å². The van der Waals surface area contributed by atoms with Crippen molar-refractivity contribution in [3.63, 3.8) is 0 Å². The molecule has 0 amide bonds. The zero-order chi connectivity index (χ0) is 26.1. The van der Waals surface area contributed by atoms with Gasteiger partial charge < -0.3 is 18.9 Å². The van der Waals surface area contributed by atoms with E-state index in [0.717, 1.165) is 11.3 Å². The van der Waals surface area contributed by atoms with Gasteiger partial charge >= 0.3 is 17.9 Å². The van der Waals surface area contributed by atoms with Gasteiger partial charge in [0.2, 0.25) is 0 Å². The average Bonchev–Trinajstić information content (AvgIpc) is 2.73. The molecule has 7 nitrogen and oxygen atoms in total. The van der Waals surface area contributed by atoms with E-state index in [1.165, 1.54) is 13.8 Å². The number of allylic oxidation sites excluding steroid dienone is 3. The van der Waals surface area contributed by atoms with E-state index in [-0.39, 0.29) is 29.7 Å². The maximum Gasteiger partial charge on any atom is 0.306 e. The summed E-state index contributed by atoms with van der Waals surface area (Å²) in [5.74, 6) is -0.490. The van der Waals surface area contributed by atoms with Crippen LogP contribution in [0, 0.1) is 23.2 Å². The van der Waals surface area contributed by atoms with Gasteiger partial charge in [-0.25, -0.2) is 0 Å². The maximum absolute atomic E-state index is 12.8. The van der Waals surface area contributed by atoms with Gasteiger partial charge in [0.15, 0.2) is 0 Å². The molecule has 3 aliphatic rings. The number of rotatable bonds is 6. The lowest BCUT2D eigenvalue weighted by molar-refractivity contribution is -0.218. The van der Waals surface area contributed by atoms with Crippen LogP contribution >= 0.6 is 0 Å². The Kier molecular flexibility index (Phi) is 8.07. The van der Waals surface area contributed by atoms with Crippen molar-refractivity contribution in [1.29, 1.82) is 0 Å². The lowest BCUT2D eigenvalue weighted by Gasteiger charge is -2.57. The van der Waals surface area contributed by atoms with Crippen LogP contribution in [-0.2, 0) is 33.3 Å². The highest BCUT2D eigenvalue weighted by Gasteiger charge is 2.62. The van der Waals surface area contributed by atoms with Crippen molar-refractivity contribution in [1.82, 2.24) is 0 Å². The van der Waals surface area contributed by atoms with Gasteiger partial charge in [0, 0.05) is 38.5 Å². The quantitative estimate of drug-likeness (QED) is 0.370. The van der Waals surface area contributed by atoms with Gasteiger partial charge in [-0.1, -0.05) is 40.7 Å². The van der Waals surface area contributed by atoms with E-state index in [4.69, 9.17) is 18.9 Å². The van der Waals surface area contributed by atoms with Gasteiger partial charge in [0.1, 0.15) is 29.7 Å². The number of esters is 3. The van der Waals surface area contributed by atoms with Gasteiger partial charge in [-0.3, -0.25) is 14.4 Å². The molecule has 0 N–H and O–H groups in total. The molecule has 3 rings (SSSR count). The van der Waals surface area contributed by atoms with Crippen molar-refractivity contribution in [2.45, 2.75) is 111 Å². The van der Waals surface area contributed by atoms with Gasteiger partial charge in [-0.05, 0) is 43.8 Å². The lowest BCUT2D eigenvalue weighted by Crippen LogP contribution is -2.62. The normalized spacial score (nSPS) is 36.4. The fraction of sp³-hybridized carbons (Fsp3) is 0.750. The summed E-state index contributed by atoms with van der Waals surface area (Å²) in [6.45, 7) is 15.1. The molecule has 0 radical (unpaired) electrons. The molecule has 0 aromatic rings. The minimum atomic E-state index is -0.771. The van der Waals surface area contributed by atoms with Crippen LogP contribution in [-0.4, -0.2) is 41.8 Å². The molecule has 7 unspecified atom stereocenters. The number of ether oxygens (including phenoxy) is 4. The third-order valence-electron chi connectivity index (χ3n) is 8.02. The topological polar surface area (TPSA) is 88.1 Å². The zero-order valence-corrected chi connectivity index (χ0v) is 22.5. The summed E-state index contributed by atoms with van der Waals surface area (Å²) in [5, 5.41) is 0. The molecule has 0 spiro atoms. The summed E-state index contributed by atoms with van der Waals surface area (Å²) in [4.78, 5) is 37.1. The summed E-state index contributed by atoms with van der Waals surface area (Å²) < 4.78 is 24.6. The minimum Gasteiger partial charge on any atom is -0.487 e. The zero-order valence-electron chi connectivity index (χ0n) is 22.5. The second-order valence-electron chi connectivity index (χ2n) is 11.2. The van der Waals surface area contributed by atoms with Crippen LogP contribution in [0.4, 0.5) is 0 Å². The van der Waals surface area contributed by atoms with E-state index in [1.807, 2.05) is 13.8 Å². The Hall–Kier alpha value is -2.31. The molecule has 2 fully saturated rings. The fourth-order valence-electron chi connectivity index (χ4n) is 6.22. The van der Waals surface area contributed by atoms with Crippen LogP contribution in [0.3, 0.4) is 0 Å². The summed E-state index contributed by atoms with van der Waals surface area (Å²) in [6, 6.07) is 0. The summed E-state index contributed by atoms with van der Waals surface area (Å²) in [5.41, 5.74) is -0.251. The molecule has 2 heterocycles. The number of hydrogen-bond donors (Lipinski definition) is 0. The van der Waals surface area contributed by atoms with Crippen molar-refractivity contribution < 1.29 is 33.3 Å². The van der Waals surface area contributed by atoms with E-state index in [1.54, 1.807) is 0 Å². The lowest BCUT2D eigenvalue weighted by atomic mass is 9.55. The largest absolute Gasteiger partial charge is 0.487 e. The maximum atomic E-state index is 12.8. The van der Waals surface area contributed by atoms with E-state index in [0.29, 0.717) is 32.1 Å². The monoisotopic (exact) mass is 490 g/mol. The standard InChI is InChI=1S/C28H42O7/c1-9-10-24(31)34-22-12-14-27(7)13-11-20(16(2)3)26(35-27)25-17(4)21(32-18(5)29)15-23(28(22,25)8)33-19(6)30/h11,13,16-17,21-23,25H,9-10,12,14-15H2,1-8H3. The predicted octanol–water partition coefficient (Wildman–Crippen LogP) is 5.27. The van der Waals surface area contributed by atoms with Crippen molar-refractivity contribution in [2.75, 3.05) is 0 Å². The van der Waals surface area contributed by atoms with Crippen LogP contribution in [0.5, 0.6) is 0 Å². The van der Waals surface area contributed by atoms with Gasteiger partial charge in [-0.2, -0.15) is 0 Å². The first-order valence-corrected chi connectivity index (χ1v) is 13.0. The third-order valence-corrected chi connectivity index (χ3v) is 8.02. The van der Waals surface area contributed by atoms with Gasteiger partial charge in [-0.15, -0.1) is 0 Å². The molecule has 0 aromatic carbocycles.